The maximum atomic E-state index is 12.1. The Morgan fingerprint density at radius 2 is 1.91 bits per heavy atom. The van der Waals surface area contributed by atoms with E-state index in [1.807, 2.05) is 18.2 Å². The van der Waals surface area contributed by atoms with Gasteiger partial charge in [0.1, 0.15) is 0 Å². The van der Waals surface area contributed by atoms with Crippen LogP contribution in [0.15, 0.2) is 54.6 Å². The molecule has 0 radical (unpaired) electrons. The minimum absolute atomic E-state index is 0.0626. The number of nitriles is 1. The fourth-order valence-electron chi connectivity index (χ4n) is 3.05. The van der Waals surface area contributed by atoms with Crippen LogP contribution in [0.1, 0.15) is 30.4 Å². The van der Waals surface area contributed by atoms with Crippen LogP contribution in [0.2, 0.25) is 0 Å². The minimum atomic E-state index is -0.234. The number of carbonyl (C=O) groups is 1. The van der Waals surface area contributed by atoms with Gasteiger partial charge < -0.3 is 10.6 Å². The molecular weight excluding hydrogens is 286 g/mol. The van der Waals surface area contributed by atoms with Gasteiger partial charge in [-0.3, -0.25) is 0 Å². The van der Waals surface area contributed by atoms with Crippen molar-refractivity contribution in [1.29, 1.82) is 5.26 Å². The van der Waals surface area contributed by atoms with Crippen LogP contribution < -0.4 is 10.6 Å². The van der Waals surface area contributed by atoms with Crippen LogP contribution in [0.25, 0.3) is 0 Å². The van der Waals surface area contributed by atoms with E-state index in [1.165, 1.54) is 12.0 Å². The summed E-state index contributed by atoms with van der Waals surface area (Å²) in [5, 5.41) is 14.7. The van der Waals surface area contributed by atoms with Gasteiger partial charge >= 0.3 is 6.03 Å². The molecule has 1 saturated carbocycles. The second kappa shape index (κ2) is 6.53. The molecule has 1 fully saturated rings. The second-order valence-electron chi connectivity index (χ2n) is 6.00. The van der Waals surface area contributed by atoms with E-state index in [1.54, 1.807) is 24.3 Å². The number of benzene rings is 2. The summed E-state index contributed by atoms with van der Waals surface area (Å²) >= 11 is 0. The average molecular weight is 305 g/mol. The van der Waals surface area contributed by atoms with Gasteiger partial charge in [0.05, 0.1) is 11.6 Å². The maximum absolute atomic E-state index is 12.1. The molecule has 23 heavy (non-hydrogen) atoms. The van der Waals surface area contributed by atoms with Crippen LogP contribution in [0, 0.1) is 11.3 Å². The summed E-state index contributed by atoms with van der Waals surface area (Å²) in [6.07, 6.45) is 3.39. The average Bonchev–Trinajstić information content (AvgIpc) is 2.55. The van der Waals surface area contributed by atoms with Crippen molar-refractivity contribution in [1.82, 2.24) is 5.32 Å². The first-order valence-electron chi connectivity index (χ1n) is 7.82. The largest absolute Gasteiger partial charge is 0.337 e. The third-order valence-corrected chi connectivity index (χ3v) is 4.53. The molecule has 2 aromatic rings. The molecule has 1 aliphatic carbocycles. The predicted octanol–water partition coefficient (Wildman–Crippen LogP) is 3.80. The summed E-state index contributed by atoms with van der Waals surface area (Å²) in [6.45, 7) is 0.626. The van der Waals surface area contributed by atoms with E-state index in [4.69, 9.17) is 5.26 Å². The number of hydrogen-bond donors (Lipinski definition) is 2. The molecule has 0 saturated heterocycles. The Labute approximate surface area is 136 Å². The van der Waals surface area contributed by atoms with E-state index >= 15 is 0 Å². The minimum Gasteiger partial charge on any atom is -0.337 e. The summed E-state index contributed by atoms with van der Waals surface area (Å²) in [7, 11) is 0. The molecule has 4 nitrogen and oxygen atoms in total. The van der Waals surface area contributed by atoms with Crippen molar-refractivity contribution in [3.05, 3.63) is 65.7 Å². The van der Waals surface area contributed by atoms with Gasteiger partial charge in [-0.15, -0.1) is 0 Å². The second-order valence-corrected chi connectivity index (χ2v) is 6.00. The van der Waals surface area contributed by atoms with Gasteiger partial charge in [0.25, 0.3) is 0 Å². The van der Waals surface area contributed by atoms with E-state index < -0.39 is 0 Å². The number of amides is 2. The highest BCUT2D eigenvalue weighted by Gasteiger charge is 2.38. The van der Waals surface area contributed by atoms with Gasteiger partial charge in [0.2, 0.25) is 0 Å². The zero-order valence-electron chi connectivity index (χ0n) is 12.9. The molecule has 0 heterocycles. The van der Waals surface area contributed by atoms with Crippen molar-refractivity contribution in [2.45, 2.75) is 24.7 Å². The molecule has 0 aromatic heterocycles. The third kappa shape index (κ3) is 3.35. The smallest absolute Gasteiger partial charge is 0.319 e. The Bertz CT molecular complexity index is 730. The highest BCUT2D eigenvalue weighted by atomic mass is 16.2. The van der Waals surface area contributed by atoms with Crippen LogP contribution in [0.4, 0.5) is 10.5 Å². The molecule has 3 rings (SSSR count). The van der Waals surface area contributed by atoms with Crippen molar-refractivity contribution >= 4 is 11.7 Å². The van der Waals surface area contributed by atoms with Crippen molar-refractivity contribution < 1.29 is 4.79 Å². The number of anilines is 1. The fraction of sp³-hybridized carbons (Fsp3) is 0.263. The van der Waals surface area contributed by atoms with Gasteiger partial charge in [0, 0.05) is 17.6 Å². The number of carbonyl (C=O) groups excluding carboxylic acids is 1. The third-order valence-electron chi connectivity index (χ3n) is 4.53. The first-order valence-corrected chi connectivity index (χ1v) is 7.82. The number of rotatable bonds is 4. The summed E-state index contributed by atoms with van der Waals surface area (Å²) in [5.74, 6) is 0. The SMILES string of the molecule is N#Cc1cccc(NC(=O)NCC2(c3ccccc3)CCC2)c1. The zero-order valence-corrected chi connectivity index (χ0v) is 12.9. The number of urea groups is 1. The van der Waals surface area contributed by atoms with E-state index in [9.17, 15) is 4.79 Å². The van der Waals surface area contributed by atoms with Crippen LogP contribution in [0.3, 0.4) is 0 Å². The Morgan fingerprint density at radius 3 is 2.57 bits per heavy atom. The molecule has 0 atom stereocenters. The monoisotopic (exact) mass is 305 g/mol. The van der Waals surface area contributed by atoms with Crippen LogP contribution in [-0.2, 0) is 5.41 Å². The van der Waals surface area contributed by atoms with Crippen molar-refractivity contribution in [3.63, 3.8) is 0 Å². The summed E-state index contributed by atoms with van der Waals surface area (Å²) < 4.78 is 0. The molecular formula is C19H19N3O. The van der Waals surface area contributed by atoms with Gasteiger partial charge in [-0.05, 0) is 36.6 Å². The molecule has 2 amide bonds. The number of nitrogens with one attached hydrogen (secondary N) is 2. The zero-order chi connectivity index (χ0) is 16.1. The predicted molar refractivity (Wildman–Crippen MR) is 90.1 cm³/mol. The molecule has 2 N–H and O–H groups in total. The van der Waals surface area contributed by atoms with Crippen molar-refractivity contribution in [2.75, 3.05) is 11.9 Å². The molecule has 4 heteroatoms. The van der Waals surface area contributed by atoms with Gasteiger partial charge in [0.15, 0.2) is 0 Å². The molecule has 0 bridgehead atoms. The Hall–Kier alpha value is -2.80. The van der Waals surface area contributed by atoms with Crippen molar-refractivity contribution in [2.24, 2.45) is 0 Å². The van der Waals surface area contributed by atoms with E-state index in [2.05, 4.69) is 28.8 Å². The fourth-order valence-corrected chi connectivity index (χ4v) is 3.05. The topological polar surface area (TPSA) is 64.9 Å². The Kier molecular flexibility index (Phi) is 4.29. The highest BCUT2D eigenvalue weighted by Crippen LogP contribution is 2.43. The van der Waals surface area contributed by atoms with Crippen molar-refractivity contribution in [3.8, 4) is 6.07 Å². The lowest BCUT2D eigenvalue weighted by atomic mass is 9.64. The van der Waals surface area contributed by atoms with Gasteiger partial charge in [-0.1, -0.05) is 42.8 Å². The van der Waals surface area contributed by atoms with Gasteiger partial charge in [-0.25, -0.2) is 4.79 Å². The summed E-state index contributed by atoms with van der Waals surface area (Å²) in [6, 6.07) is 19.1. The Balaban J connectivity index is 1.61. The molecule has 0 unspecified atom stereocenters. The van der Waals surface area contributed by atoms with Crippen LogP contribution in [-0.4, -0.2) is 12.6 Å². The van der Waals surface area contributed by atoms with Gasteiger partial charge in [-0.2, -0.15) is 5.26 Å². The number of hydrogen-bond acceptors (Lipinski definition) is 2. The van der Waals surface area contributed by atoms with E-state index in [0.29, 0.717) is 17.8 Å². The molecule has 0 spiro atoms. The first-order chi connectivity index (χ1) is 11.2. The Morgan fingerprint density at radius 1 is 1.13 bits per heavy atom. The maximum Gasteiger partial charge on any atom is 0.319 e. The van der Waals surface area contributed by atoms with E-state index in [0.717, 1.165) is 12.8 Å². The standard InChI is InChI=1S/C19H19N3O/c20-13-15-6-4-9-17(12-15)22-18(23)21-14-19(10-5-11-19)16-7-2-1-3-8-16/h1-4,6-9,12H,5,10-11,14H2,(H2,21,22,23). The highest BCUT2D eigenvalue weighted by molar-refractivity contribution is 5.89. The molecule has 0 aliphatic heterocycles. The van der Waals surface area contributed by atoms with E-state index in [-0.39, 0.29) is 11.4 Å². The lowest BCUT2D eigenvalue weighted by Gasteiger charge is -2.42. The summed E-state index contributed by atoms with van der Waals surface area (Å²) in [5.41, 5.74) is 2.51. The van der Waals surface area contributed by atoms with Crippen LogP contribution >= 0.6 is 0 Å². The molecule has 116 valence electrons. The number of nitrogens with zero attached hydrogens (tertiary/aromatic N) is 1. The summed E-state index contributed by atoms with van der Waals surface area (Å²) in [4.78, 5) is 12.1. The quantitative estimate of drug-likeness (QED) is 0.902. The normalized spacial score (nSPS) is 15.1. The lowest BCUT2D eigenvalue weighted by molar-refractivity contribution is 0.222. The van der Waals surface area contributed by atoms with Crippen LogP contribution in [0.5, 0.6) is 0 Å². The molecule has 2 aromatic carbocycles. The lowest BCUT2D eigenvalue weighted by Crippen LogP contribution is -2.46. The molecule has 1 aliphatic rings. The first kappa shape index (κ1) is 15.1.